The molecule has 0 unspecified atom stereocenters. The van der Waals surface area contributed by atoms with Crippen LogP contribution in [0.1, 0.15) is 49.8 Å². The van der Waals surface area contributed by atoms with Gasteiger partial charge >= 0.3 is 17.7 Å². The lowest BCUT2D eigenvalue weighted by molar-refractivity contribution is -0.136. The second-order valence-electron chi connectivity index (χ2n) is 7.85. The van der Waals surface area contributed by atoms with Crippen LogP contribution in [-0.4, -0.2) is 18.1 Å². The minimum Gasteiger partial charge on any atom is -0.445 e. The van der Waals surface area contributed by atoms with E-state index in [2.05, 4.69) is 12.2 Å². The number of carbonyl (C=O) groups excluding carboxylic acids is 2. The van der Waals surface area contributed by atoms with Gasteiger partial charge in [0.1, 0.15) is 24.0 Å². The Morgan fingerprint density at radius 3 is 2.55 bits per heavy atom. The van der Waals surface area contributed by atoms with Gasteiger partial charge in [0.25, 0.3) is 0 Å². The number of esters is 1. The Bertz CT molecular complexity index is 1170. The topological polar surface area (TPSA) is 94.8 Å². The van der Waals surface area contributed by atoms with Crippen LogP contribution >= 0.6 is 0 Å². The van der Waals surface area contributed by atoms with Crippen LogP contribution in [0.25, 0.3) is 11.0 Å². The molecule has 1 aromatic heterocycles. The molecule has 7 heteroatoms. The van der Waals surface area contributed by atoms with Gasteiger partial charge in [-0.1, -0.05) is 50.6 Å². The summed E-state index contributed by atoms with van der Waals surface area (Å²) in [6.45, 7) is 5.68. The maximum atomic E-state index is 12.7. The van der Waals surface area contributed by atoms with Crippen molar-refractivity contribution in [3.63, 3.8) is 0 Å². The van der Waals surface area contributed by atoms with Crippen molar-refractivity contribution in [2.45, 2.75) is 59.1 Å². The number of hydrogen-bond donors (Lipinski definition) is 1. The second kappa shape index (κ2) is 11.3. The number of ether oxygens (including phenoxy) is 2. The average Bonchev–Trinajstić information content (AvgIpc) is 2.82. The minimum absolute atomic E-state index is 0.0985. The molecule has 0 bridgehead atoms. The molecule has 0 aliphatic heterocycles. The fourth-order valence-electron chi connectivity index (χ4n) is 3.51. The molecule has 0 saturated carbocycles. The lowest BCUT2D eigenvalue weighted by atomic mass is 10.0. The summed E-state index contributed by atoms with van der Waals surface area (Å²) in [5.41, 5.74) is 2.28. The zero-order valence-electron chi connectivity index (χ0n) is 19.2. The summed E-state index contributed by atoms with van der Waals surface area (Å²) >= 11 is 0. The number of nitrogens with one attached hydrogen (secondary N) is 1. The summed E-state index contributed by atoms with van der Waals surface area (Å²) in [4.78, 5) is 36.9. The molecule has 0 aliphatic carbocycles. The SMILES string of the molecule is CCCCc1cc(=O)oc2c(C)c(OC(=O)[C@@H](CC)NC(=O)OCc3ccccc3)ccc12. The highest BCUT2D eigenvalue weighted by atomic mass is 16.6. The first-order valence-corrected chi connectivity index (χ1v) is 11.2. The standard InChI is InChI=1S/C26H29NO6/c1-4-6-12-19-15-23(28)33-24-17(3)22(14-13-20(19)24)32-25(29)21(5-2)27-26(30)31-16-18-10-8-7-9-11-18/h7-11,13-15,21H,4-6,12,16H2,1-3H3,(H,27,30)/t21-/m1/s1. The molecule has 1 atom stereocenters. The molecule has 174 valence electrons. The van der Waals surface area contributed by atoms with Crippen molar-refractivity contribution < 1.29 is 23.5 Å². The molecule has 33 heavy (non-hydrogen) atoms. The number of unbranched alkanes of at least 4 members (excludes halogenated alkanes) is 1. The van der Waals surface area contributed by atoms with Gasteiger partial charge in [-0.05, 0) is 49.4 Å². The molecule has 1 amide bonds. The first-order chi connectivity index (χ1) is 15.9. The number of aryl methyl sites for hydroxylation is 2. The van der Waals surface area contributed by atoms with Crippen LogP contribution in [0.3, 0.4) is 0 Å². The third kappa shape index (κ3) is 6.22. The lowest BCUT2D eigenvalue weighted by Gasteiger charge is -2.17. The Kier molecular flexibility index (Phi) is 8.24. The van der Waals surface area contributed by atoms with Gasteiger partial charge in [0, 0.05) is 17.0 Å². The Morgan fingerprint density at radius 2 is 1.85 bits per heavy atom. The second-order valence-corrected chi connectivity index (χ2v) is 7.85. The monoisotopic (exact) mass is 451 g/mol. The highest BCUT2D eigenvalue weighted by Crippen LogP contribution is 2.29. The van der Waals surface area contributed by atoms with Crippen molar-refractivity contribution in [1.82, 2.24) is 5.32 Å². The largest absolute Gasteiger partial charge is 0.445 e. The highest BCUT2D eigenvalue weighted by Gasteiger charge is 2.23. The van der Waals surface area contributed by atoms with E-state index in [1.54, 1.807) is 26.0 Å². The normalized spacial score (nSPS) is 11.7. The van der Waals surface area contributed by atoms with Gasteiger partial charge in [0.05, 0.1) is 0 Å². The molecule has 7 nitrogen and oxygen atoms in total. The van der Waals surface area contributed by atoms with Crippen LogP contribution in [0.15, 0.2) is 57.7 Å². The highest BCUT2D eigenvalue weighted by molar-refractivity contribution is 5.87. The van der Waals surface area contributed by atoms with Gasteiger partial charge in [-0.25, -0.2) is 14.4 Å². The van der Waals surface area contributed by atoms with Gasteiger partial charge in [0.2, 0.25) is 0 Å². The molecule has 3 aromatic rings. The van der Waals surface area contributed by atoms with Gasteiger partial charge in [-0.3, -0.25) is 0 Å². The number of rotatable bonds is 9. The number of benzene rings is 2. The van der Waals surface area contributed by atoms with Crippen LogP contribution < -0.4 is 15.7 Å². The maximum Gasteiger partial charge on any atom is 0.408 e. The number of amides is 1. The Balaban J connectivity index is 1.71. The molecule has 0 spiro atoms. The third-order valence-corrected chi connectivity index (χ3v) is 5.40. The van der Waals surface area contributed by atoms with E-state index in [1.165, 1.54) is 6.07 Å². The molecule has 0 radical (unpaired) electrons. The van der Waals surface area contributed by atoms with Gasteiger partial charge in [0.15, 0.2) is 0 Å². The van der Waals surface area contributed by atoms with Crippen molar-refractivity contribution in [1.29, 1.82) is 0 Å². The molecule has 2 aromatic carbocycles. The summed E-state index contributed by atoms with van der Waals surface area (Å²) in [5.74, 6) is -0.345. The van der Waals surface area contributed by atoms with Crippen LogP contribution in [0.2, 0.25) is 0 Å². The third-order valence-electron chi connectivity index (χ3n) is 5.40. The van der Waals surface area contributed by atoms with Crippen LogP contribution in [0, 0.1) is 6.92 Å². The smallest absolute Gasteiger partial charge is 0.408 e. The molecular formula is C26H29NO6. The van der Waals surface area contributed by atoms with Crippen LogP contribution in [0.4, 0.5) is 4.79 Å². The van der Waals surface area contributed by atoms with Crippen molar-refractivity contribution in [2.75, 3.05) is 0 Å². The fraction of sp³-hybridized carbons (Fsp3) is 0.346. The van der Waals surface area contributed by atoms with Crippen LogP contribution in [-0.2, 0) is 22.6 Å². The quantitative estimate of drug-likeness (QED) is 0.278. The predicted octanol–water partition coefficient (Wildman–Crippen LogP) is 5.05. The van der Waals surface area contributed by atoms with Crippen molar-refractivity contribution in [3.05, 3.63) is 75.6 Å². The number of fused-ring (bicyclic) bond motifs is 1. The van der Waals surface area contributed by atoms with E-state index in [9.17, 15) is 14.4 Å². The van der Waals surface area contributed by atoms with E-state index >= 15 is 0 Å². The molecule has 1 heterocycles. The summed E-state index contributed by atoms with van der Waals surface area (Å²) < 4.78 is 16.2. The fourth-order valence-corrected chi connectivity index (χ4v) is 3.51. The van der Waals surface area contributed by atoms with Gasteiger partial charge in [-0.15, -0.1) is 0 Å². The molecule has 3 rings (SSSR count). The zero-order valence-corrected chi connectivity index (χ0v) is 19.2. The Labute approximate surface area is 192 Å². The van der Waals surface area contributed by atoms with E-state index in [-0.39, 0.29) is 12.4 Å². The van der Waals surface area contributed by atoms with E-state index < -0.39 is 23.7 Å². The number of carbonyl (C=O) groups is 2. The van der Waals surface area contributed by atoms with Gasteiger partial charge < -0.3 is 19.2 Å². The minimum atomic E-state index is -0.883. The van der Waals surface area contributed by atoms with Crippen LogP contribution in [0.5, 0.6) is 5.75 Å². The van der Waals surface area contributed by atoms with E-state index in [4.69, 9.17) is 13.9 Å². The van der Waals surface area contributed by atoms with Gasteiger partial charge in [-0.2, -0.15) is 0 Å². The summed E-state index contributed by atoms with van der Waals surface area (Å²) in [6.07, 6.45) is 2.35. The first-order valence-electron chi connectivity index (χ1n) is 11.2. The van der Waals surface area contributed by atoms with Crippen molar-refractivity contribution in [3.8, 4) is 5.75 Å². The average molecular weight is 452 g/mol. The summed E-state index contributed by atoms with van der Waals surface area (Å²) in [6, 6.07) is 13.4. The zero-order chi connectivity index (χ0) is 23.8. The van der Waals surface area contributed by atoms with Crippen molar-refractivity contribution >= 4 is 23.0 Å². The Hall–Kier alpha value is -3.61. The maximum absolute atomic E-state index is 12.7. The van der Waals surface area contributed by atoms with E-state index in [0.717, 1.165) is 35.8 Å². The van der Waals surface area contributed by atoms with E-state index in [0.29, 0.717) is 17.6 Å². The number of alkyl carbamates (subject to hydrolysis) is 1. The molecule has 1 N–H and O–H groups in total. The molecular weight excluding hydrogens is 422 g/mol. The lowest BCUT2D eigenvalue weighted by Crippen LogP contribution is -2.42. The van der Waals surface area contributed by atoms with E-state index in [1.807, 2.05) is 30.3 Å². The number of hydrogen-bond acceptors (Lipinski definition) is 6. The molecule has 0 aliphatic rings. The first kappa shape index (κ1) is 24.0. The van der Waals surface area contributed by atoms with Crippen molar-refractivity contribution in [2.24, 2.45) is 0 Å². The molecule has 0 fully saturated rings. The Morgan fingerprint density at radius 1 is 1.09 bits per heavy atom. The summed E-state index contributed by atoms with van der Waals surface area (Å²) in [7, 11) is 0. The molecule has 0 saturated heterocycles. The predicted molar refractivity (Wildman–Crippen MR) is 125 cm³/mol. The summed E-state index contributed by atoms with van der Waals surface area (Å²) in [5, 5.41) is 3.37.